The van der Waals surface area contributed by atoms with Gasteiger partial charge < -0.3 is 4.74 Å². The number of nitrogens with one attached hydrogen (secondary N) is 1. The molecule has 0 aliphatic rings. The van der Waals surface area contributed by atoms with Gasteiger partial charge in [0.05, 0.1) is 0 Å². The van der Waals surface area contributed by atoms with Crippen LogP contribution in [-0.4, -0.2) is 18.4 Å². The highest BCUT2D eigenvalue weighted by molar-refractivity contribution is 5.84. The molecule has 0 aliphatic heterocycles. The second kappa shape index (κ2) is 6.98. The first kappa shape index (κ1) is 15.9. The second-order valence-corrected chi connectivity index (χ2v) is 4.62. The molecule has 1 atom stereocenters. The maximum absolute atomic E-state index is 13.0. The van der Waals surface area contributed by atoms with E-state index >= 15 is 0 Å². The van der Waals surface area contributed by atoms with Gasteiger partial charge in [0.15, 0.2) is 0 Å². The van der Waals surface area contributed by atoms with E-state index in [0.717, 1.165) is 0 Å². The standard InChI is InChI=1S/C16H14F3NO2/c17-16(18,19)14(11-12-7-3-1-4-8-12)22-15(21)20-13-9-5-2-6-10-13/h1-10,14H,11H2,(H,20,21). The smallest absolute Gasteiger partial charge is 0.425 e. The van der Waals surface area contributed by atoms with Gasteiger partial charge >= 0.3 is 12.3 Å². The summed E-state index contributed by atoms with van der Waals surface area (Å²) in [7, 11) is 0. The molecular formula is C16H14F3NO2. The molecule has 6 heteroatoms. The fraction of sp³-hybridized carbons (Fsp3) is 0.188. The Bertz CT molecular complexity index is 600. The summed E-state index contributed by atoms with van der Waals surface area (Å²) in [6.07, 6.45) is -8.39. The van der Waals surface area contributed by atoms with E-state index in [2.05, 4.69) is 10.1 Å². The zero-order valence-electron chi connectivity index (χ0n) is 11.5. The number of hydrogen-bond acceptors (Lipinski definition) is 2. The fourth-order valence-electron chi connectivity index (χ4n) is 1.85. The Morgan fingerprint density at radius 1 is 1.00 bits per heavy atom. The number of carbonyl (C=O) groups is 1. The van der Waals surface area contributed by atoms with Crippen LogP contribution in [0.2, 0.25) is 0 Å². The van der Waals surface area contributed by atoms with Gasteiger partial charge in [-0.15, -0.1) is 0 Å². The zero-order chi connectivity index (χ0) is 16.0. The Balaban J connectivity index is 2.02. The fourth-order valence-corrected chi connectivity index (χ4v) is 1.85. The second-order valence-electron chi connectivity index (χ2n) is 4.62. The number of halogens is 3. The van der Waals surface area contributed by atoms with Crippen LogP contribution in [0.5, 0.6) is 0 Å². The van der Waals surface area contributed by atoms with Crippen LogP contribution in [0.25, 0.3) is 0 Å². The van der Waals surface area contributed by atoms with Gasteiger partial charge in [-0.2, -0.15) is 13.2 Å². The van der Waals surface area contributed by atoms with E-state index in [-0.39, 0.29) is 0 Å². The van der Waals surface area contributed by atoms with Crippen molar-refractivity contribution in [3.05, 3.63) is 66.2 Å². The topological polar surface area (TPSA) is 38.3 Å². The van der Waals surface area contributed by atoms with Gasteiger partial charge in [0.25, 0.3) is 0 Å². The van der Waals surface area contributed by atoms with E-state index in [4.69, 9.17) is 0 Å². The molecule has 0 aromatic heterocycles. The SMILES string of the molecule is O=C(Nc1ccccc1)OC(Cc1ccccc1)C(F)(F)F. The highest BCUT2D eigenvalue weighted by Gasteiger charge is 2.42. The first-order chi connectivity index (χ1) is 10.4. The van der Waals surface area contributed by atoms with Crippen LogP contribution in [0.4, 0.5) is 23.7 Å². The van der Waals surface area contributed by atoms with Crippen LogP contribution in [0.1, 0.15) is 5.56 Å². The Kier molecular flexibility index (Phi) is 5.04. The Morgan fingerprint density at radius 2 is 1.55 bits per heavy atom. The van der Waals surface area contributed by atoms with Crippen molar-refractivity contribution in [2.45, 2.75) is 18.7 Å². The van der Waals surface area contributed by atoms with E-state index in [9.17, 15) is 18.0 Å². The van der Waals surface area contributed by atoms with Crippen molar-refractivity contribution in [1.29, 1.82) is 0 Å². The van der Waals surface area contributed by atoms with Crippen LogP contribution < -0.4 is 5.32 Å². The summed E-state index contributed by atoms with van der Waals surface area (Å²) >= 11 is 0. The molecule has 2 rings (SSSR count). The molecule has 1 amide bonds. The summed E-state index contributed by atoms with van der Waals surface area (Å²) in [5.74, 6) is 0. The highest BCUT2D eigenvalue weighted by Crippen LogP contribution is 2.26. The molecule has 0 heterocycles. The summed E-state index contributed by atoms with van der Waals surface area (Å²) in [5.41, 5.74) is 0.811. The first-order valence-corrected chi connectivity index (χ1v) is 6.58. The molecule has 0 aliphatic carbocycles. The average Bonchev–Trinajstić information content (AvgIpc) is 2.48. The lowest BCUT2D eigenvalue weighted by molar-refractivity contribution is -0.201. The molecule has 0 saturated heterocycles. The van der Waals surface area contributed by atoms with E-state index in [1.54, 1.807) is 60.7 Å². The van der Waals surface area contributed by atoms with Crippen molar-refractivity contribution in [3.8, 4) is 0 Å². The third-order valence-electron chi connectivity index (χ3n) is 2.90. The summed E-state index contributed by atoms with van der Waals surface area (Å²) in [6, 6.07) is 16.2. The van der Waals surface area contributed by atoms with E-state index in [0.29, 0.717) is 11.3 Å². The molecule has 22 heavy (non-hydrogen) atoms. The summed E-state index contributed by atoms with van der Waals surface area (Å²) in [5, 5.41) is 2.27. The number of amides is 1. The van der Waals surface area contributed by atoms with Crippen LogP contribution in [0, 0.1) is 0 Å². The third kappa shape index (κ3) is 4.80. The quantitative estimate of drug-likeness (QED) is 0.908. The maximum atomic E-state index is 13.0. The Labute approximate surface area is 125 Å². The number of anilines is 1. The van der Waals surface area contributed by atoms with Crippen LogP contribution >= 0.6 is 0 Å². The first-order valence-electron chi connectivity index (χ1n) is 6.58. The minimum Gasteiger partial charge on any atom is -0.436 e. The van der Waals surface area contributed by atoms with Gasteiger partial charge in [0, 0.05) is 12.1 Å². The number of rotatable bonds is 4. The normalized spacial score (nSPS) is 12.5. The van der Waals surface area contributed by atoms with Crippen LogP contribution in [0.15, 0.2) is 60.7 Å². The van der Waals surface area contributed by atoms with E-state index in [1.165, 1.54) is 0 Å². The molecule has 3 nitrogen and oxygen atoms in total. The molecule has 2 aromatic carbocycles. The lowest BCUT2D eigenvalue weighted by atomic mass is 10.1. The number of para-hydroxylation sites is 1. The zero-order valence-corrected chi connectivity index (χ0v) is 11.5. The molecule has 1 N–H and O–H groups in total. The number of benzene rings is 2. The summed E-state index contributed by atoms with van der Waals surface area (Å²) < 4.78 is 43.5. The molecule has 2 aromatic rings. The third-order valence-corrected chi connectivity index (χ3v) is 2.90. The van der Waals surface area contributed by atoms with Crippen LogP contribution in [-0.2, 0) is 11.2 Å². The molecule has 0 saturated carbocycles. The predicted octanol–water partition coefficient (Wildman–Crippen LogP) is 4.41. The van der Waals surface area contributed by atoms with Crippen molar-refractivity contribution in [2.75, 3.05) is 5.32 Å². The van der Waals surface area contributed by atoms with Crippen molar-refractivity contribution >= 4 is 11.8 Å². The van der Waals surface area contributed by atoms with Crippen molar-refractivity contribution in [3.63, 3.8) is 0 Å². The number of alkyl halides is 3. The number of hydrogen-bond donors (Lipinski definition) is 1. The van der Waals surface area contributed by atoms with Crippen molar-refractivity contribution < 1.29 is 22.7 Å². The minimum atomic E-state index is -4.64. The van der Waals surface area contributed by atoms with Gasteiger partial charge in [-0.3, -0.25) is 5.32 Å². The molecular weight excluding hydrogens is 295 g/mol. The largest absolute Gasteiger partial charge is 0.436 e. The van der Waals surface area contributed by atoms with E-state index in [1.807, 2.05) is 0 Å². The number of ether oxygens (including phenoxy) is 1. The van der Waals surface area contributed by atoms with Crippen molar-refractivity contribution in [1.82, 2.24) is 0 Å². The molecule has 116 valence electrons. The van der Waals surface area contributed by atoms with E-state index < -0.39 is 24.8 Å². The summed E-state index contributed by atoms with van der Waals surface area (Å²) in [6.45, 7) is 0. The molecule has 0 bridgehead atoms. The highest BCUT2D eigenvalue weighted by atomic mass is 19.4. The lowest BCUT2D eigenvalue weighted by Crippen LogP contribution is -2.37. The minimum absolute atomic E-state index is 0.369. The van der Waals surface area contributed by atoms with Gasteiger partial charge in [0.1, 0.15) is 0 Å². The average molecular weight is 309 g/mol. The molecule has 0 spiro atoms. The molecule has 0 fully saturated rings. The van der Waals surface area contributed by atoms with Gasteiger partial charge in [-0.05, 0) is 17.7 Å². The monoisotopic (exact) mass is 309 g/mol. The summed E-state index contributed by atoms with van der Waals surface area (Å²) in [4.78, 5) is 11.6. The Morgan fingerprint density at radius 3 is 2.09 bits per heavy atom. The Hall–Kier alpha value is -2.50. The van der Waals surface area contributed by atoms with Crippen LogP contribution in [0.3, 0.4) is 0 Å². The van der Waals surface area contributed by atoms with Gasteiger partial charge in [-0.25, -0.2) is 4.79 Å². The predicted molar refractivity (Wildman–Crippen MR) is 76.5 cm³/mol. The molecule has 0 radical (unpaired) electrons. The van der Waals surface area contributed by atoms with Crippen molar-refractivity contribution in [2.24, 2.45) is 0 Å². The molecule has 1 unspecified atom stereocenters. The maximum Gasteiger partial charge on any atom is 0.425 e. The number of carbonyl (C=O) groups excluding carboxylic acids is 1. The van der Waals surface area contributed by atoms with Gasteiger partial charge in [-0.1, -0.05) is 48.5 Å². The van der Waals surface area contributed by atoms with Gasteiger partial charge in [0.2, 0.25) is 6.10 Å². The lowest BCUT2D eigenvalue weighted by Gasteiger charge is -2.21.